The first-order chi connectivity index (χ1) is 17.0. The highest BCUT2D eigenvalue weighted by Crippen LogP contribution is 2.36. The largest absolute Gasteiger partial charge is 0.439 e. The van der Waals surface area contributed by atoms with Crippen LogP contribution < -0.4 is 4.74 Å². The van der Waals surface area contributed by atoms with Gasteiger partial charge in [0.15, 0.2) is 0 Å². The van der Waals surface area contributed by atoms with Crippen LogP contribution in [0.15, 0.2) is 54.6 Å². The van der Waals surface area contributed by atoms with Crippen LogP contribution in [0.1, 0.15) is 43.7 Å². The quantitative estimate of drug-likeness (QED) is 0.307. The second-order valence-corrected chi connectivity index (χ2v) is 9.76. The van der Waals surface area contributed by atoms with Gasteiger partial charge in [0, 0.05) is 38.9 Å². The molecule has 1 heterocycles. The molecule has 0 bridgehead atoms. The van der Waals surface area contributed by atoms with E-state index in [9.17, 15) is 5.11 Å². The summed E-state index contributed by atoms with van der Waals surface area (Å²) in [5, 5.41) is 15.6. The Balaban J connectivity index is 1.60. The Labute approximate surface area is 209 Å². The molecule has 1 atom stereocenters. The number of unbranched alkanes of at least 4 members (excludes halogenated alkanes) is 1. The number of aliphatic hydroxyl groups is 1. The average molecular weight is 478 g/mol. The molecule has 1 aliphatic carbocycles. The van der Waals surface area contributed by atoms with Crippen molar-refractivity contribution in [3.8, 4) is 22.9 Å². The summed E-state index contributed by atoms with van der Waals surface area (Å²) >= 11 is 0. The lowest BCUT2D eigenvalue weighted by molar-refractivity contribution is 0.0135. The molecule has 35 heavy (non-hydrogen) atoms. The van der Waals surface area contributed by atoms with Crippen LogP contribution in [0, 0.1) is 12.8 Å². The summed E-state index contributed by atoms with van der Waals surface area (Å²) in [4.78, 5) is 2.35. The van der Waals surface area contributed by atoms with Gasteiger partial charge in [0.2, 0.25) is 5.88 Å². The van der Waals surface area contributed by atoms with Gasteiger partial charge in [-0.3, -0.25) is 4.90 Å². The Hall–Kier alpha value is -2.67. The van der Waals surface area contributed by atoms with E-state index in [1.807, 2.05) is 48.1 Å². The summed E-state index contributed by atoms with van der Waals surface area (Å²) in [5.74, 6) is 2.23. The first-order valence-corrected chi connectivity index (χ1v) is 12.9. The van der Waals surface area contributed by atoms with E-state index in [0.717, 1.165) is 53.4 Å². The second kappa shape index (κ2) is 12.3. The molecule has 3 aromatic rings. The molecule has 0 amide bonds. The van der Waals surface area contributed by atoms with E-state index >= 15 is 0 Å². The molecule has 1 fully saturated rings. The number of benzene rings is 2. The first-order valence-electron chi connectivity index (χ1n) is 12.9. The molecule has 188 valence electrons. The third kappa shape index (κ3) is 7.40. The van der Waals surface area contributed by atoms with E-state index in [0.29, 0.717) is 32.2 Å². The Morgan fingerprint density at radius 3 is 2.66 bits per heavy atom. The molecule has 1 N–H and O–H groups in total. The Morgan fingerprint density at radius 1 is 1.14 bits per heavy atom. The lowest BCUT2D eigenvalue weighted by atomic mass is 10.1. The smallest absolute Gasteiger partial charge is 0.222 e. The summed E-state index contributed by atoms with van der Waals surface area (Å²) in [6, 6.07) is 18.4. The fourth-order valence-electron chi connectivity index (χ4n) is 4.35. The summed E-state index contributed by atoms with van der Waals surface area (Å²) in [5.41, 5.74) is 4.17. The zero-order chi connectivity index (χ0) is 24.6. The second-order valence-electron chi connectivity index (χ2n) is 9.76. The van der Waals surface area contributed by atoms with E-state index < -0.39 is 6.10 Å². The van der Waals surface area contributed by atoms with E-state index in [4.69, 9.17) is 14.6 Å². The minimum atomic E-state index is -0.524. The predicted octanol–water partition coefficient (Wildman–Crippen LogP) is 5.58. The van der Waals surface area contributed by atoms with Crippen LogP contribution >= 0.6 is 0 Å². The summed E-state index contributed by atoms with van der Waals surface area (Å²) in [7, 11) is 1.93. The molecule has 1 saturated carbocycles. The molecule has 0 unspecified atom stereocenters. The molecule has 6 nitrogen and oxygen atoms in total. The maximum atomic E-state index is 10.7. The Bertz CT molecular complexity index is 1060. The number of aliphatic hydroxyl groups excluding tert-OH is 1. The number of aromatic nitrogens is 2. The molecule has 0 spiro atoms. The van der Waals surface area contributed by atoms with Gasteiger partial charge in [0.1, 0.15) is 11.4 Å². The lowest BCUT2D eigenvalue weighted by Gasteiger charge is -2.25. The van der Waals surface area contributed by atoms with Gasteiger partial charge in [-0.15, -0.1) is 0 Å². The van der Waals surface area contributed by atoms with Crippen LogP contribution in [-0.4, -0.2) is 52.2 Å². The molecular formula is C29H39N3O3. The zero-order valence-electron chi connectivity index (χ0n) is 21.3. The lowest BCUT2D eigenvalue weighted by Crippen LogP contribution is -2.36. The van der Waals surface area contributed by atoms with Gasteiger partial charge in [-0.25, -0.2) is 4.68 Å². The van der Waals surface area contributed by atoms with Crippen LogP contribution in [0.5, 0.6) is 11.6 Å². The van der Waals surface area contributed by atoms with Crippen LogP contribution in [0.3, 0.4) is 0 Å². The fourth-order valence-corrected chi connectivity index (χ4v) is 4.35. The summed E-state index contributed by atoms with van der Waals surface area (Å²) < 4.78 is 14.0. The van der Waals surface area contributed by atoms with Gasteiger partial charge >= 0.3 is 0 Å². The standard InChI is InChI=1S/C29H39N3O3/c1-4-5-16-34-21-25(33)19-32(18-23-14-15-23)20-27-28(24-11-7-6-8-12-24)30-31(3)29(27)35-26-13-9-10-22(2)17-26/h6-13,17,23,25,33H,4-5,14-16,18-21H2,1-3H3/t25-/m0/s1. The van der Waals surface area contributed by atoms with Crippen molar-refractivity contribution in [2.75, 3.05) is 26.3 Å². The molecule has 0 radical (unpaired) electrons. The van der Waals surface area contributed by atoms with Crippen molar-refractivity contribution < 1.29 is 14.6 Å². The number of aryl methyl sites for hydroxylation is 2. The summed E-state index contributed by atoms with van der Waals surface area (Å²) in [6.45, 7) is 7.45. The number of hydrogen-bond acceptors (Lipinski definition) is 5. The Morgan fingerprint density at radius 2 is 1.94 bits per heavy atom. The monoisotopic (exact) mass is 477 g/mol. The van der Waals surface area contributed by atoms with Crippen molar-refractivity contribution in [2.24, 2.45) is 13.0 Å². The van der Waals surface area contributed by atoms with Crippen molar-refractivity contribution >= 4 is 0 Å². The molecule has 2 aromatic carbocycles. The molecular weight excluding hydrogens is 438 g/mol. The highest BCUT2D eigenvalue weighted by atomic mass is 16.5. The number of nitrogens with zero attached hydrogens (tertiary/aromatic N) is 3. The van der Waals surface area contributed by atoms with Crippen molar-refractivity contribution in [1.29, 1.82) is 0 Å². The van der Waals surface area contributed by atoms with Crippen LogP contribution in [0.25, 0.3) is 11.3 Å². The van der Waals surface area contributed by atoms with E-state index in [1.165, 1.54) is 12.8 Å². The van der Waals surface area contributed by atoms with Gasteiger partial charge < -0.3 is 14.6 Å². The number of ether oxygens (including phenoxy) is 2. The topological polar surface area (TPSA) is 59.8 Å². The van der Waals surface area contributed by atoms with E-state index in [2.05, 4.69) is 36.9 Å². The van der Waals surface area contributed by atoms with E-state index in [-0.39, 0.29) is 0 Å². The molecule has 4 rings (SSSR count). The first kappa shape index (κ1) is 25.4. The van der Waals surface area contributed by atoms with Gasteiger partial charge in [0.25, 0.3) is 0 Å². The van der Waals surface area contributed by atoms with Gasteiger partial charge in [-0.05, 0) is 49.8 Å². The highest BCUT2D eigenvalue weighted by molar-refractivity contribution is 5.65. The van der Waals surface area contributed by atoms with Crippen molar-refractivity contribution in [3.63, 3.8) is 0 Å². The molecule has 0 saturated heterocycles. The third-order valence-electron chi connectivity index (χ3n) is 6.36. The average Bonchev–Trinajstić information content (AvgIpc) is 3.62. The number of rotatable bonds is 14. The zero-order valence-corrected chi connectivity index (χ0v) is 21.3. The molecule has 0 aliphatic heterocycles. The van der Waals surface area contributed by atoms with Crippen molar-refractivity contribution in [2.45, 2.75) is 52.2 Å². The highest BCUT2D eigenvalue weighted by Gasteiger charge is 2.28. The SMILES string of the molecule is CCCCOC[C@@H](O)CN(Cc1c(-c2ccccc2)nn(C)c1Oc1cccc(C)c1)CC1CC1. The van der Waals surface area contributed by atoms with Crippen LogP contribution in [-0.2, 0) is 18.3 Å². The molecule has 1 aliphatic rings. The van der Waals surface area contributed by atoms with Gasteiger partial charge in [-0.1, -0.05) is 55.8 Å². The van der Waals surface area contributed by atoms with Crippen molar-refractivity contribution in [3.05, 3.63) is 65.7 Å². The van der Waals surface area contributed by atoms with Crippen LogP contribution in [0.2, 0.25) is 0 Å². The maximum Gasteiger partial charge on any atom is 0.222 e. The normalized spacial score (nSPS) is 14.4. The van der Waals surface area contributed by atoms with Gasteiger partial charge in [0.05, 0.1) is 18.3 Å². The number of hydrogen-bond donors (Lipinski definition) is 1. The third-order valence-corrected chi connectivity index (χ3v) is 6.36. The molecule has 6 heteroatoms. The minimum absolute atomic E-state index is 0.367. The van der Waals surface area contributed by atoms with Crippen molar-refractivity contribution in [1.82, 2.24) is 14.7 Å². The molecule has 1 aromatic heterocycles. The Kier molecular flexibility index (Phi) is 8.96. The fraction of sp³-hybridized carbons (Fsp3) is 0.483. The predicted molar refractivity (Wildman–Crippen MR) is 140 cm³/mol. The van der Waals surface area contributed by atoms with Crippen LogP contribution in [0.4, 0.5) is 0 Å². The van der Waals surface area contributed by atoms with E-state index in [1.54, 1.807) is 0 Å². The minimum Gasteiger partial charge on any atom is -0.439 e. The summed E-state index contributed by atoms with van der Waals surface area (Å²) in [6.07, 6.45) is 4.10. The van der Waals surface area contributed by atoms with Gasteiger partial charge in [-0.2, -0.15) is 5.10 Å². The maximum absolute atomic E-state index is 10.7.